The number of carbonyl (C=O) groups is 2. The summed E-state index contributed by atoms with van der Waals surface area (Å²) in [5.74, 6) is -0.0702. The molecule has 0 aromatic rings. The highest BCUT2D eigenvalue weighted by atomic mass is 16.5. The van der Waals surface area contributed by atoms with Crippen LogP contribution >= 0.6 is 0 Å². The molecular weight excluding hydrogens is 248 g/mol. The van der Waals surface area contributed by atoms with Crippen molar-refractivity contribution in [3.05, 3.63) is 0 Å². The average Bonchev–Trinajstić information content (AvgIpc) is 2.77. The lowest BCUT2D eigenvalue weighted by Gasteiger charge is -2.31. The van der Waals surface area contributed by atoms with Crippen molar-refractivity contribution in [3.8, 4) is 0 Å². The van der Waals surface area contributed by atoms with Gasteiger partial charge < -0.3 is 19.3 Å². The van der Waals surface area contributed by atoms with Crippen LogP contribution in [-0.4, -0.2) is 67.8 Å². The van der Waals surface area contributed by atoms with Crippen LogP contribution in [0.1, 0.15) is 19.8 Å². The van der Waals surface area contributed by atoms with Crippen molar-refractivity contribution in [1.82, 2.24) is 9.80 Å². The molecule has 0 aromatic heterocycles. The maximum absolute atomic E-state index is 12.4. The van der Waals surface area contributed by atoms with E-state index in [-0.39, 0.29) is 30.4 Å². The number of ether oxygens (including phenoxy) is 2. The van der Waals surface area contributed by atoms with Crippen molar-refractivity contribution in [2.75, 3.05) is 40.1 Å². The Morgan fingerprint density at radius 2 is 2.32 bits per heavy atom. The van der Waals surface area contributed by atoms with Gasteiger partial charge in [0.2, 0.25) is 11.8 Å². The summed E-state index contributed by atoms with van der Waals surface area (Å²) in [6.45, 7) is 4.26. The third kappa shape index (κ3) is 3.25. The summed E-state index contributed by atoms with van der Waals surface area (Å²) >= 11 is 0. The lowest BCUT2D eigenvalue weighted by Crippen LogP contribution is -2.42. The van der Waals surface area contributed by atoms with Crippen LogP contribution < -0.4 is 0 Å². The van der Waals surface area contributed by atoms with Crippen molar-refractivity contribution in [2.24, 2.45) is 5.92 Å². The zero-order valence-corrected chi connectivity index (χ0v) is 11.6. The van der Waals surface area contributed by atoms with Crippen LogP contribution in [0.15, 0.2) is 0 Å². The zero-order chi connectivity index (χ0) is 13.8. The number of nitrogens with zero attached hydrogens (tertiary/aromatic N) is 2. The number of carbonyl (C=O) groups excluding carboxylic acids is 2. The van der Waals surface area contributed by atoms with Crippen LogP contribution in [0.4, 0.5) is 0 Å². The lowest BCUT2D eigenvalue weighted by molar-refractivity contribution is -0.143. The van der Waals surface area contributed by atoms with Gasteiger partial charge in [-0.05, 0) is 19.8 Å². The van der Waals surface area contributed by atoms with Crippen LogP contribution in [0.25, 0.3) is 0 Å². The molecule has 2 aliphatic rings. The van der Waals surface area contributed by atoms with E-state index in [1.165, 1.54) is 0 Å². The predicted octanol–water partition coefficient (Wildman–Crippen LogP) is 0.0762. The van der Waals surface area contributed by atoms with Crippen molar-refractivity contribution in [2.45, 2.75) is 25.9 Å². The highest BCUT2D eigenvalue weighted by Crippen LogP contribution is 2.24. The minimum absolute atomic E-state index is 0.00483. The number of amides is 2. The number of hydrogen-bond donors (Lipinski definition) is 0. The molecule has 0 bridgehead atoms. The fourth-order valence-electron chi connectivity index (χ4n) is 2.62. The molecule has 2 atom stereocenters. The summed E-state index contributed by atoms with van der Waals surface area (Å²) in [6, 6.07) is 0. The molecule has 6 nitrogen and oxygen atoms in total. The largest absolute Gasteiger partial charge is 0.383 e. The summed E-state index contributed by atoms with van der Waals surface area (Å²) in [5.41, 5.74) is 0. The number of methoxy groups -OCH3 is 1. The first-order valence-electron chi connectivity index (χ1n) is 6.80. The summed E-state index contributed by atoms with van der Waals surface area (Å²) in [7, 11) is 1.60. The molecule has 2 fully saturated rings. The Balaban J connectivity index is 1.91. The second kappa shape index (κ2) is 6.34. The molecule has 19 heavy (non-hydrogen) atoms. The Bertz CT molecular complexity index is 348. The van der Waals surface area contributed by atoms with Crippen LogP contribution in [0.3, 0.4) is 0 Å². The predicted molar refractivity (Wildman–Crippen MR) is 68.3 cm³/mol. The van der Waals surface area contributed by atoms with Crippen molar-refractivity contribution < 1.29 is 19.1 Å². The van der Waals surface area contributed by atoms with E-state index >= 15 is 0 Å². The molecule has 0 N–H and O–H groups in total. The van der Waals surface area contributed by atoms with E-state index < -0.39 is 0 Å². The third-order valence-electron chi connectivity index (χ3n) is 3.82. The van der Waals surface area contributed by atoms with Gasteiger partial charge in [-0.2, -0.15) is 0 Å². The van der Waals surface area contributed by atoms with E-state index in [9.17, 15) is 9.59 Å². The molecule has 0 aliphatic carbocycles. The highest BCUT2D eigenvalue weighted by Gasteiger charge is 2.37. The minimum atomic E-state index is -0.107. The Morgan fingerprint density at radius 3 is 3.00 bits per heavy atom. The summed E-state index contributed by atoms with van der Waals surface area (Å²) < 4.78 is 10.5. The first-order valence-corrected chi connectivity index (χ1v) is 6.80. The van der Waals surface area contributed by atoms with E-state index in [1.54, 1.807) is 16.9 Å². The van der Waals surface area contributed by atoms with Crippen LogP contribution in [0, 0.1) is 5.92 Å². The van der Waals surface area contributed by atoms with Gasteiger partial charge in [0.25, 0.3) is 0 Å². The van der Waals surface area contributed by atoms with Gasteiger partial charge >= 0.3 is 0 Å². The molecule has 0 unspecified atom stereocenters. The topological polar surface area (TPSA) is 59.1 Å². The lowest BCUT2D eigenvalue weighted by atomic mass is 9.94. The molecule has 0 spiro atoms. The molecular formula is C13H22N2O4. The van der Waals surface area contributed by atoms with Gasteiger partial charge in [-0.15, -0.1) is 0 Å². The molecule has 108 valence electrons. The quantitative estimate of drug-likeness (QED) is 0.725. The summed E-state index contributed by atoms with van der Waals surface area (Å²) in [6.07, 6.45) is 1.71. The molecule has 0 aromatic carbocycles. The summed E-state index contributed by atoms with van der Waals surface area (Å²) in [5, 5.41) is 0. The third-order valence-corrected chi connectivity index (χ3v) is 3.82. The second-order valence-corrected chi connectivity index (χ2v) is 5.15. The van der Waals surface area contributed by atoms with Gasteiger partial charge in [0.05, 0.1) is 25.3 Å². The van der Waals surface area contributed by atoms with Crippen LogP contribution in [0.5, 0.6) is 0 Å². The van der Waals surface area contributed by atoms with Gasteiger partial charge in [0.15, 0.2) is 0 Å². The van der Waals surface area contributed by atoms with Gasteiger partial charge in [-0.25, -0.2) is 0 Å². The molecule has 2 aliphatic heterocycles. The SMILES string of the molecule is COCCN1CN(C(=O)[C@H]2CCCO[C@H]2C)CC1=O. The van der Waals surface area contributed by atoms with Crippen LogP contribution in [0.2, 0.25) is 0 Å². The zero-order valence-electron chi connectivity index (χ0n) is 11.6. The summed E-state index contributed by atoms with van der Waals surface area (Å²) in [4.78, 5) is 27.5. The van der Waals surface area contributed by atoms with E-state index in [2.05, 4.69) is 0 Å². The highest BCUT2D eigenvalue weighted by molar-refractivity contribution is 5.89. The standard InChI is InChI=1S/C13H22N2O4/c1-10-11(4-3-6-19-10)13(17)15-8-12(16)14(9-15)5-7-18-2/h10-11H,3-9H2,1-2H3/t10-,11-/m0/s1. The van der Waals surface area contributed by atoms with E-state index in [0.717, 1.165) is 19.4 Å². The molecule has 2 amide bonds. The van der Waals surface area contributed by atoms with Crippen molar-refractivity contribution in [3.63, 3.8) is 0 Å². The average molecular weight is 270 g/mol. The van der Waals surface area contributed by atoms with E-state index in [1.807, 2.05) is 6.92 Å². The van der Waals surface area contributed by atoms with Crippen molar-refractivity contribution >= 4 is 11.8 Å². The van der Waals surface area contributed by atoms with Gasteiger partial charge in [0, 0.05) is 20.3 Å². The van der Waals surface area contributed by atoms with Crippen LogP contribution in [-0.2, 0) is 19.1 Å². The Morgan fingerprint density at radius 1 is 1.53 bits per heavy atom. The molecule has 0 saturated carbocycles. The Kier molecular flexibility index (Phi) is 4.76. The molecule has 2 saturated heterocycles. The van der Waals surface area contributed by atoms with Gasteiger partial charge in [0.1, 0.15) is 6.54 Å². The fraction of sp³-hybridized carbons (Fsp3) is 0.846. The first-order chi connectivity index (χ1) is 9.13. The normalized spacial score (nSPS) is 28.0. The van der Waals surface area contributed by atoms with Crippen molar-refractivity contribution in [1.29, 1.82) is 0 Å². The monoisotopic (exact) mass is 270 g/mol. The Labute approximate surface area is 113 Å². The fourth-order valence-corrected chi connectivity index (χ4v) is 2.62. The Hall–Kier alpha value is -1.14. The maximum Gasteiger partial charge on any atom is 0.243 e. The first kappa shape index (κ1) is 14.3. The molecule has 6 heteroatoms. The smallest absolute Gasteiger partial charge is 0.243 e. The van der Waals surface area contributed by atoms with Gasteiger partial charge in [-0.3, -0.25) is 9.59 Å². The molecule has 2 rings (SSSR count). The minimum Gasteiger partial charge on any atom is -0.383 e. The number of rotatable bonds is 4. The van der Waals surface area contributed by atoms with E-state index in [0.29, 0.717) is 19.8 Å². The molecule has 0 radical (unpaired) electrons. The maximum atomic E-state index is 12.4. The van der Waals surface area contributed by atoms with E-state index in [4.69, 9.17) is 9.47 Å². The van der Waals surface area contributed by atoms with Gasteiger partial charge in [-0.1, -0.05) is 0 Å². The number of hydrogen-bond acceptors (Lipinski definition) is 4. The second-order valence-electron chi connectivity index (χ2n) is 5.15. The molecule has 2 heterocycles.